The van der Waals surface area contributed by atoms with Crippen molar-refractivity contribution in [3.8, 4) is 11.5 Å². The Morgan fingerprint density at radius 1 is 1.19 bits per heavy atom. The topological polar surface area (TPSA) is 79.9 Å². The van der Waals surface area contributed by atoms with Crippen LogP contribution in [0.3, 0.4) is 0 Å². The van der Waals surface area contributed by atoms with Crippen molar-refractivity contribution in [3.05, 3.63) is 47.0 Å². The lowest BCUT2D eigenvalue weighted by Crippen LogP contribution is -2.53. The van der Waals surface area contributed by atoms with E-state index >= 15 is 0 Å². The van der Waals surface area contributed by atoms with Crippen molar-refractivity contribution in [1.29, 1.82) is 0 Å². The number of hydrogen-bond acceptors (Lipinski definition) is 5. The molecule has 0 radical (unpaired) electrons. The number of hydrogen-bond donors (Lipinski definition) is 2. The number of methoxy groups -OCH3 is 2. The molecule has 2 aromatic carbocycles. The molecule has 3 aliphatic rings. The smallest absolute Gasteiger partial charge is 0.250 e. The normalized spacial score (nSPS) is 26.1. The monoisotopic (exact) mass is 435 g/mol. The van der Waals surface area contributed by atoms with E-state index < -0.39 is 11.5 Å². The van der Waals surface area contributed by atoms with Gasteiger partial charge < -0.3 is 20.1 Å². The molecule has 2 N–H and O–H groups in total. The maximum atomic E-state index is 13.8. The Bertz CT molecular complexity index is 1110. The average Bonchev–Trinajstić information content (AvgIpc) is 3.43. The van der Waals surface area contributed by atoms with Crippen molar-refractivity contribution < 1.29 is 19.1 Å². The van der Waals surface area contributed by atoms with Crippen molar-refractivity contribution >= 4 is 23.2 Å². The molecule has 2 aromatic rings. The molecule has 0 bridgehead atoms. The molecule has 7 nitrogen and oxygen atoms in total. The van der Waals surface area contributed by atoms with Gasteiger partial charge in [0.25, 0.3) is 0 Å². The van der Waals surface area contributed by atoms with Gasteiger partial charge in [0.15, 0.2) is 0 Å². The molecule has 3 atom stereocenters. The maximum Gasteiger partial charge on any atom is 0.250 e. The Morgan fingerprint density at radius 2 is 2.00 bits per heavy atom. The second kappa shape index (κ2) is 7.52. The van der Waals surface area contributed by atoms with Crippen LogP contribution in [0.25, 0.3) is 0 Å². The molecule has 3 aliphatic heterocycles. The summed E-state index contributed by atoms with van der Waals surface area (Å²) in [6.45, 7) is 4.87. The molecule has 2 fully saturated rings. The summed E-state index contributed by atoms with van der Waals surface area (Å²) in [4.78, 5) is 29.7. The number of fused-ring (bicyclic) bond motifs is 4. The first-order valence-electron chi connectivity index (χ1n) is 11.1. The van der Waals surface area contributed by atoms with Crippen LogP contribution in [-0.2, 0) is 15.1 Å². The largest absolute Gasteiger partial charge is 0.497 e. The quantitative estimate of drug-likeness (QED) is 0.767. The molecule has 1 spiro atoms. The fourth-order valence-corrected chi connectivity index (χ4v) is 6.01. The molecule has 5 rings (SSSR count). The number of rotatable bonds is 4. The van der Waals surface area contributed by atoms with Gasteiger partial charge in [-0.2, -0.15) is 0 Å². The highest BCUT2D eigenvalue weighted by Crippen LogP contribution is 2.56. The van der Waals surface area contributed by atoms with Crippen molar-refractivity contribution in [2.24, 2.45) is 5.92 Å². The Morgan fingerprint density at radius 3 is 2.75 bits per heavy atom. The third kappa shape index (κ3) is 2.84. The van der Waals surface area contributed by atoms with Crippen LogP contribution >= 0.6 is 0 Å². The van der Waals surface area contributed by atoms with E-state index in [0.717, 1.165) is 41.8 Å². The van der Waals surface area contributed by atoms with E-state index in [4.69, 9.17) is 9.47 Å². The van der Waals surface area contributed by atoms with E-state index in [1.54, 1.807) is 32.4 Å². The van der Waals surface area contributed by atoms with Gasteiger partial charge >= 0.3 is 0 Å². The minimum atomic E-state index is -0.983. The van der Waals surface area contributed by atoms with Gasteiger partial charge in [0.1, 0.15) is 17.0 Å². The van der Waals surface area contributed by atoms with Gasteiger partial charge in [0, 0.05) is 23.4 Å². The summed E-state index contributed by atoms with van der Waals surface area (Å²) in [5, 5.41) is 6.17. The van der Waals surface area contributed by atoms with Gasteiger partial charge in [-0.1, -0.05) is 17.7 Å². The number of nitrogens with one attached hydrogen (secondary N) is 2. The van der Waals surface area contributed by atoms with Crippen molar-refractivity contribution in [2.75, 3.05) is 31.4 Å². The zero-order valence-corrected chi connectivity index (χ0v) is 19.0. The standard InChI is InChI=1S/C25H29N3O4/c1-14-10-15(2)22-18(11-14)25(24(30)27-22)19(12-16-6-5-9-28(16)25)23(29)26-20-13-17(31-3)7-8-21(20)32-4/h7-8,10-11,13,16,19H,5-6,9,12H2,1-4H3,(H,26,29)(H,27,30)/t16-,19+,25-/m0/s1. The number of ether oxygens (including phenoxy) is 2. The second-order valence-corrected chi connectivity index (χ2v) is 9.06. The first kappa shape index (κ1) is 20.8. The zero-order chi connectivity index (χ0) is 22.6. The predicted molar refractivity (Wildman–Crippen MR) is 122 cm³/mol. The fourth-order valence-electron chi connectivity index (χ4n) is 6.01. The Balaban J connectivity index is 1.60. The molecule has 168 valence electrons. The average molecular weight is 436 g/mol. The van der Waals surface area contributed by atoms with Gasteiger partial charge in [0.2, 0.25) is 11.8 Å². The summed E-state index contributed by atoms with van der Waals surface area (Å²) in [5.74, 6) is 0.398. The van der Waals surface area contributed by atoms with Gasteiger partial charge in [0.05, 0.1) is 25.8 Å². The van der Waals surface area contributed by atoms with Crippen LogP contribution < -0.4 is 20.1 Å². The number of benzene rings is 2. The van der Waals surface area contributed by atoms with Crippen molar-refractivity contribution in [3.63, 3.8) is 0 Å². The summed E-state index contributed by atoms with van der Waals surface area (Å²) in [6.07, 6.45) is 2.69. The molecule has 7 heteroatoms. The number of nitrogens with zero attached hydrogens (tertiary/aromatic N) is 1. The summed E-state index contributed by atoms with van der Waals surface area (Å²) >= 11 is 0. The van der Waals surface area contributed by atoms with E-state index in [1.807, 2.05) is 13.8 Å². The number of carbonyl (C=O) groups is 2. The number of aryl methyl sites for hydroxylation is 2. The summed E-state index contributed by atoms with van der Waals surface area (Å²) < 4.78 is 10.8. The highest BCUT2D eigenvalue weighted by atomic mass is 16.5. The molecular weight excluding hydrogens is 406 g/mol. The van der Waals surface area contributed by atoms with Crippen LogP contribution in [0.15, 0.2) is 30.3 Å². The van der Waals surface area contributed by atoms with Crippen LogP contribution in [0.4, 0.5) is 11.4 Å². The van der Waals surface area contributed by atoms with Crippen LogP contribution in [-0.4, -0.2) is 43.5 Å². The second-order valence-electron chi connectivity index (χ2n) is 9.06. The van der Waals surface area contributed by atoms with Crippen LogP contribution in [0, 0.1) is 19.8 Å². The highest BCUT2D eigenvalue weighted by molar-refractivity contribution is 6.11. The molecule has 0 unspecified atom stereocenters. The van der Waals surface area contributed by atoms with E-state index in [9.17, 15) is 9.59 Å². The van der Waals surface area contributed by atoms with Gasteiger partial charge in [-0.15, -0.1) is 0 Å². The number of carbonyl (C=O) groups excluding carboxylic acids is 2. The van der Waals surface area contributed by atoms with Crippen molar-refractivity contribution in [1.82, 2.24) is 4.90 Å². The first-order chi connectivity index (χ1) is 15.4. The van der Waals surface area contributed by atoms with Gasteiger partial charge in [-0.05, 0) is 57.4 Å². The Hall–Kier alpha value is -3.06. The summed E-state index contributed by atoms with van der Waals surface area (Å²) in [6, 6.07) is 9.67. The number of anilines is 2. The fraction of sp³-hybridized carbons (Fsp3) is 0.440. The van der Waals surface area contributed by atoms with Crippen LogP contribution in [0.5, 0.6) is 11.5 Å². The molecular formula is C25H29N3O4. The van der Waals surface area contributed by atoms with Crippen LogP contribution in [0.1, 0.15) is 36.0 Å². The van der Waals surface area contributed by atoms with Crippen molar-refractivity contribution in [2.45, 2.75) is 44.7 Å². The summed E-state index contributed by atoms with van der Waals surface area (Å²) in [7, 11) is 3.15. The molecule has 2 saturated heterocycles. The molecule has 0 aromatic heterocycles. The highest BCUT2D eigenvalue weighted by Gasteiger charge is 2.65. The van der Waals surface area contributed by atoms with Gasteiger partial charge in [-0.3, -0.25) is 14.5 Å². The third-order valence-electron chi connectivity index (χ3n) is 7.30. The van der Waals surface area contributed by atoms with Crippen LogP contribution in [0.2, 0.25) is 0 Å². The van der Waals surface area contributed by atoms with E-state index in [0.29, 0.717) is 23.6 Å². The minimum Gasteiger partial charge on any atom is -0.497 e. The number of amides is 2. The molecule has 3 heterocycles. The first-order valence-corrected chi connectivity index (χ1v) is 11.1. The van der Waals surface area contributed by atoms with E-state index in [-0.39, 0.29) is 17.9 Å². The lowest BCUT2D eigenvalue weighted by molar-refractivity contribution is -0.135. The third-order valence-corrected chi connectivity index (χ3v) is 7.30. The Kier molecular flexibility index (Phi) is 4.89. The Labute approximate surface area is 188 Å². The maximum absolute atomic E-state index is 13.8. The predicted octanol–water partition coefficient (Wildman–Crippen LogP) is 3.59. The molecule has 32 heavy (non-hydrogen) atoms. The molecule has 0 aliphatic carbocycles. The zero-order valence-electron chi connectivity index (χ0n) is 19.0. The lowest BCUT2D eigenvalue weighted by Gasteiger charge is -2.36. The summed E-state index contributed by atoms with van der Waals surface area (Å²) in [5.41, 5.74) is 3.46. The van der Waals surface area contributed by atoms with Gasteiger partial charge in [-0.25, -0.2) is 0 Å². The molecule has 2 amide bonds. The minimum absolute atomic E-state index is 0.0941. The SMILES string of the molecule is COc1ccc(OC)c(NC(=O)[C@H]2C[C@@H]3CCCN3[C@]23C(=O)Nc2c(C)cc(C)cc23)c1. The lowest BCUT2D eigenvalue weighted by atomic mass is 9.77. The van der Waals surface area contributed by atoms with E-state index in [2.05, 4.69) is 27.7 Å². The molecule has 0 saturated carbocycles. The van der Waals surface area contributed by atoms with E-state index in [1.165, 1.54) is 0 Å².